The number of nitrogens with zero attached hydrogens (tertiary/aromatic N) is 4. The van der Waals surface area contributed by atoms with Gasteiger partial charge in [0.05, 0.1) is 6.54 Å². The van der Waals surface area contributed by atoms with Crippen molar-refractivity contribution in [2.45, 2.75) is 38.8 Å². The molecule has 0 aliphatic carbocycles. The highest BCUT2D eigenvalue weighted by atomic mass is 35.5. The fraction of sp³-hybridized carbons (Fsp3) is 0.435. The van der Waals surface area contributed by atoms with Crippen LogP contribution < -0.4 is 20.9 Å². The van der Waals surface area contributed by atoms with E-state index in [2.05, 4.69) is 20.9 Å². The lowest BCUT2D eigenvalue weighted by Gasteiger charge is -2.34. The van der Waals surface area contributed by atoms with Crippen molar-refractivity contribution in [1.82, 2.24) is 25.5 Å². The molecule has 3 aliphatic heterocycles. The van der Waals surface area contributed by atoms with Crippen LogP contribution in [0.15, 0.2) is 24.3 Å². The first-order valence-corrected chi connectivity index (χ1v) is 11.9. The van der Waals surface area contributed by atoms with Gasteiger partial charge in [-0.2, -0.15) is 4.98 Å². The van der Waals surface area contributed by atoms with E-state index in [9.17, 15) is 14.4 Å². The Hall–Kier alpha value is -3.40. The zero-order valence-electron chi connectivity index (χ0n) is 18.8. The maximum Gasteiger partial charge on any atom is 0.322 e. The van der Waals surface area contributed by atoms with Crippen LogP contribution in [0.2, 0.25) is 5.02 Å². The molecule has 1 aromatic heterocycles. The topological polar surface area (TPSA) is 120 Å². The number of imide groups is 1. The van der Waals surface area contributed by atoms with Gasteiger partial charge in [-0.15, -0.1) is 0 Å². The van der Waals surface area contributed by atoms with Crippen molar-refractivity contribution in [2.75, 3.05) is 29.9 Å². The summed E-state index contributed by atoms with van der Waals surface area (Å²) in [7, 11) is 0. The van der Waals surface area contributed by atoms with E-state index in [0.29, 0.717) is 61.5 Å². The Morgan fingerprint density at radius 1 is 1.12 bits per heavy atom. The number of benzene rings is 1. The molecule has 4 amide bonds. The third-order valence-corrected chi connectivity index (χ3v) is 6.79. The van der Waals surface area contributed by atoms with Gasteiger partial charge >= 0.3 is 6.03 Å². The van der Waals surface area contributed by atoms with Gasteiger partial charge in [-0.3, -0.25) is 14.9 Å². The molecule has 1 unspecified atom stereocenters. The molecule has 3 N–H and O–H groups in total. The molecule has 11 heteroatoms. The zero-order chi connectivity index (χ0) is 23.8. The van der Waals surface area contributed by atoms with E-state index in [1.54, 1.807) is 17.0 Å². The Morgan fingerprint density at radius 3 is 2.50 bits per heavy atom. The van der Waals surface area contributed by atoms with E-state index in [1.807, 2.05) is 24.0 Å². The van der Waals surface area contributed by atoms with Gasteiger partial charge in [0.25, 0.3) is 11.8 Å². The minimum atomic E-state index is -0.498. The number of carbonyl (C=O) groups is 3. The van der Waals surface area contributed by atoms with Gasteiger partial charge < -0.3 is 20.4 Å². The van der Waals surface area contributed by atoms with Crippen LogP contribution in [-0.4, -0.2) is 58.4 Å². The number of anilines is 3. The third-order valence-electron chi connectivity index (χ3n) is 6.53. The minimum absolute atomic E-state index is 0.0467. The highest BCUT2D eigenvalue weighted by Gasteiger charge is 2.39. The number of hydrogen-bond acceptors (Lipinski definition) is 7. The number of aromatic nitrogens is 2. The summed E-state index contributed by atoms with van der Waals surface area (Å²) in [6.07, 6.45) is 2.27. The van der Waals surface area contributed by atoms with Gasteiger partial charge in [0, 0.05) is 35.9 Å². The van der Waals surface area contributed by atoms with E-state index in [-0.39, 0.29) is 17.7 Å². The third kappa shape index (κ3) is 4.25. The Kier molecular flexibility index (Phi) is 5.99. The maximum absolute atomic E-state index is 13.1. The molecular formula is C23H26ClN7O3. The van der Waals surface area contributed by atoms with E-state index in [1.165, 1.54) is 0 Å². The van der Waals surface area contributed by atoms with Crippen molar-refractivity contribution in [2.24, 2.45) is 5.92 Å². The number of nitrogens with one attached hydrogen (secondary N) is 3. The predicted octanol–water partition coefficient (Wildman–Crippen LogP) is 2.66. The van der Waals surface area contributed by atoms with Crippen molar-refractivity contribution < 1.29 is 14.4 Å². The summed E-state index contributed by atoms with van der Waals surface area (Å²) in [5.41, 5.74) is 2.04. The fourth-order valence-electron chi connectivity index (χ4n) is 4.77. The Labute approximate surface area is 202 Å². The smallest absolute Gasteiger partial charge is 0.322 e. The monoisotopic (exact) mass is 483 g/mol. The number of carbonyl (C=O) groups excluding carboxylic acids is 3. The van der Waals surface area contributed by atoms with Crippen LogP contribution in [0, 0.1) is 5.92 Å². The van der Waals surface area contributed by atoms with Crippen LogP contribution in [0.4, 0.5) is 22.2 Å². The molecule has 2 fully saturated rings. The molecule has 5 rings (SSSR count). The molecule has 4 heterocycles. The van der Waals surface area contributed by atoms with Crippen molar-refractivity contribution in [3.05, 3.63) is 40.5 Å². The van der Waals surface area contributed by atoms with Crippen molar-refractivity contribution in [3.63, 3.8) is 0 Å². The summed E-state index contributed by atoms with van der Waals surface area (Å²) >= 11 is 6.02. The molecule has 0 bridgehead atoms. The first kappa shape index (κ1) is 22.4. The van der Waals surface area contributed by atoms with Gasteiger partial charge in [0.2, 0.25) is 5.95 Å². The number of halogens is 1. The second-order valence-corrected chi connectivity index (χ2v) is 9.26. The molecule has 0 radical (unpaired) electrons. The summed E-state index contributed by atoms with van der Waals surface area (Å²) < 4.78 is 0. The maximum atomic E-state index is 13.1. The number of urea groups is 1. The van der Waals surface area contributed by atoms with Gasteiger partial charge in [-0.1, -0.05) is 18.5 Å². The highest BCUT2D eigenvalue weighted by molar-refractivity contribution is 6.30. The van der Waals surface area contributed by atoms with Crippen molar-refractivity contribution >= 4 is 46.9 Å². The quantitative estimate of drug-likeness (QED) is 0.540. The SMILES string of the molecule is CCCN1Cc2c(Nc3ccc(Cl)cc3)nc(N3CCC(C4NC(=O)NC4=O)CC3)nc2C1=O. The van der Waals surface area contributed by atoms with Gasteiger partial charge in [0.1, 0.15) is 17.6 Å². The average Bonchev–Trinajstić information content (AvgIpc) is 3.34. The molecule has 2 aromatic rings. The Balaban J connectivity index is 1.40. The van der Waals surface area contributed by atoms with Crippen LogP contribution in [0.25, 0.3) is 0 Å². The molecule has 10 nitrogen and oxygen atoms in total. The average molecular weight is 484 g/mol. The lowest BCUT2D eigenvalue weighted by Crippen LogP contribution is -2.44. The largest absolute Gasteiger partial charge is 0.341 e. The number of piperidine rings is 1. The van der Waals surface area contributed by atoms with Crippen LogP contribution in [0.1, 0.15) is 42.2 Å². The molecule has 0 saturated carbocycles. The first-order chi connectivity index (χ1) is 16.4. The molecule has 1 aromatic carbocycles. The molecule has 3 aliphatic rings. The molecule has 1 atom stereocenters. The van der Waals surface area contributed by atoms with E-state index in [4.69, 9.17) is 16.6 Å². The summed E-state index contributed by atoms with van der Waals surface area (Å²) in [5, 5.41) is 8.99. The number of fused-ring (bicyclic) bond motifs is 1. The molecular weight excluding hydrogens is 458 g/mol. The van der Waals surface area contributed by atoms with Crippen LogP contribution in [0.5, 0.6) is 0 Å². The highest BCUT2D eigenvalue weighted by Crippen LogP contribution is 2.33. The molecule has 2 saturated heterocycles. The normalized spacial score (nSPS) is 20.4. The molecule has 0 spiro atoms. The van der Waals surface area contributed by atoms with E-state index in [0.717, 1.165) is 17.7 Å². The lowest BCUT2D eigenvalue weighted by atomic mass is 9.89. The summed E-state index contributed by atoms with van der Waals surface area (Å²) in [4.78, 5) is 49.9. The lowest BCUT2D eigenvalue weighted by molar-refractivity contribution is -0.121. The van der Waals surface area contributed by atoms with Crippen LogP contribution in [-0.2, 0) is 11.3 Å². The summed E-state index contributed by atoms with van der Waals surface area (Å²) in [6.45, 7) is 4.41. The molecule has 34 heavy (non-hydrogen) atoms. The molecule has 178 valence electrons. The Morgan fingerprint density at radius 2 is 1.85 bits per heavy atom. The van der Waals surface area contributed by atoms with Crippen LogP contribution >= 0.6 is 11.6 Å². The second-order valence-electron chi connectivity index (χ2n) is 8.82. The van der Waals surface area contributed by atoms with E-state index >= 15 is 0 Å². The number of hydrogen-bond donors (Lipinski definition) is 3. The summed E-state index contributed by atoms with van der Waals surface area (Å²) in [5.74, 6) is 0.790. The standard InChI is InChI=1S/C23H26ClN7O3/c1-2-9-31-12-16-18(21(31)33)26-22(28-19(16)25-15-5-3-14(24)4-6-15)30-10-7-13(8-11-30)17-20(32)29-23(34)27-17/h3-6,13,17H,2,7-12H2,1H3,(H,25,26,28)(H2,27,29,32,34). The van der Waals surface area contributed by atoms with E-state index < -0.39 is 12.1 Å². The van der Waals surface area contributed by atoms with Crippen LogP contribution in [0.3, 0.4) is 0 Å². The summed E-state index contributed by atoms with van der Waals surface area (Å²) in [6, 6.07) is 6.38. The first-order valence-electron chi connectivity index (χ1n) is 11.5. The van der Waals surface area contributed by atoms with Gasteiger partial charge in [0.15, 0.2) is 0 Å². The minimum Gasteiger partial charge on any atom is -0.341 e. The van der Waals surface area contributed by atoms with Gasteiger partial charge in [-0.05, 0) is 49.4 Å². The number of rotatable bonds is 6. The second kappa shape index (κ2) is 9.09. The van der Waals surface area contributed by atoms with Gasteiger partial charge in [-0.25, -0.2) is 9.78 Å². The Bertz CT molecular complexity index is 1130. The van der Waals surface area contributed by atoms with Crippen molar-refractivity contribution in [3.8, 4) is 0 Å². The predicted molar refractivity (Wildman–Crippen MR) is 127 cm³/mol. The fourth-order valence-corrected chi connectivity index (χ4v) is 4.90. The number of amides is 4. The zero-order valence-corrected chi connectivity index (χ0v) is 19.6. The van der Waals surface area contributed by atoms with Crippen molar-refractivity contribution in [1.29, 1.82) is 0 Å².